The lowest BCUT2D eigenvalue weighted by Gasteiger charge is -2.24. The van der Waals surface area contributed by atoms with E-state index in [2.05, 4.69) is 0 Å². The molecule has 0 unspecified atom stereocenters. The van der Waals surface area contributed by atoms with Gasteiger partial charge in [-0.1, -0.05) is 48.5 Å². The Balaban J connectivity index is 1.79. The van der Waals surface area contributed by atoms with Crippen molar-refractivity contribution in [3.05, 3.63) is 84.4 Å². The monoisotopic (exact) mass is 386 g/mol. The number of urea groups is 1. The molecular formula is C21H17F3N2O2. The zero-order valence-electron chi connectivity index (χ0n) is 14.9. The first-order chi connectivity index (χ1) is 13.3. The minimum Gasteiger partial charge on any atom is -0.295 e. The van der Waals surface area contributed by atoms with Gasteiger partial charge in [0.15, 0.2) is 0 Å². The van der Waals surface area contributed by atoms with Crippen LogP contribution in [-0.4, -0.2) is 18.3 Å². The Morgan fingerprint density at radius 3 is 2.04 bits per heavy atom. The molecule has 1 N–H and O–H groups in total. The van der Waals surface area contributed by atoms with Gasteiger partial charge in [-0.15, -0.1) is 0 Å². The van der Waals surface area contributed by atoms with Crippen LogP contribution in [0.2, 0.25) is 0 Å². The van der Waals surface area contributed by atoms with Gasteiger partial charge >= 0.3 is 12.2 Å². The van der Waals surface area contributed by atoms with Crippen LogP contribution in [0.3, 0.4) is 0 Å². The third-order valence-corrected chi connectivity index (χ3v) is 4.25. The number of halogens is 3. The van der Waals surface area contributed by atoms with Crippen molar-refractivity contribution >= 4 is 17.4 Å². The molecule has 0 fully saturated rings. The summed E-state index contributed by atoms with van der Waals surface area (Å²) in [6, 6.07) is 19.6. The van der Waals surface area contributed by atoms with Crippen LogP contribution in [0.15, 0.2) is 78.9 Å². The van der Waals surface area contributed by atoms with E-state index in [1.54, 1.807) is 24.3 Å². The Bertz CT molecular complexity index is 957. The van der Waals surface area contributed by atoms with E-state index in [1.165, 1.54) is 19.2 Å². The second-order valence-electron chi connectivity index (χ2n) is 6.11. The van der Waals surface area contributed by atoms with E-state index in [9.17, 15) is 23.2 Å². The zero-order valence-corrected chi connectivity index (χ0v) is 14.9. The van der Waals surface area contributed by atoms with Crippen LogP contribution in [-0.2, 0) is 6.18 Å². The van der Waals surface area contributed by atoms with Crippen molar-refractivity contribution in [2.24, 2.45) is 0 Å². The molecular weight excluding hydrogens is 369 g/mol. The Morgan fingerprint density at radius 1 is 0.821 bits per heavy atom. The third-order valence-electron chi connectivity index (χ3n) is 4.25. The Hall–Kier alpha value is -3.32. The molecule has 0 aliphatic carbocycles. The molecule has 3 rings (SSSR count). The SMILES string of the molecule is CN(C(=O)N(O)c1ccc(-c2ccccc2)cc1)c1cccc(C(F)(F)F)c1. The molecule has 7 heteroatoms. The average molecular weight is 386 g/mol. The summed E-state index contributed by atoms with van der Waals surface area (Å²) < 4.78 is 38.6. The van der Waals surface area contributed by atoms with Gasteiger partial charge in [0.1, 0.15) is 0 Å². The summed E-state index contributed by atoms with van der Waals surface area (Å²) in [7, 11) is 1.29. The van der Waals surface area contributed by atoms with Crippen molar-refractivity contribution in [2.75, 3.05) is 17.0 Å². The van der Waals surface area contributed by atoms with Crippen molar-refractivity contribution in [3.8, 4) is 11.1 Å². The molecule has 0 atom stereocenters. The summed E-state index contributed by atoms with van der Waals surface area (Å²) >= 11 is 0. The molecule has 4 nitrogen and oxygen atoms in total. The van der Waals surface area contributed by atoms with Crippen LogP contribution in [0.1, 0.15) is 5.56 Å². The van der Waals surface area contributed by atoms with Crippen LogP contribution in [0, 0.1) is 0 Å². The molecule has 0 saturated carbocycles. The number of anilines is 2. The number of benzene rings is 3. The van der Waals surface area contributed by atoms with Gasteiger partial charge in [0.05, 0.1) is 11.3 Å². The molecule has 0 aliphatic rings. The predicted octanol–water partition coefficient (Wildman–Crippen LogP) is 5.82. The van der Waals surface area contributed by atoms with Gasteiger partial charge in [-0.05, 0) is 41.5 Å². The highest BCUT2D eigenvalue weighted by molar-refractivity contribution is 6.01. The number of hydrogen-bond donors (Lipinski definition) is 1. The maximum Gasteiger partial charge on any atom is 0.416 e. The number of amides is 2. The van der Waals surface area contributed by atoms with Gasteiger partial charge in [0.2, 0.25) is 0 Å². The van der Waals surface area contributed by atoms with Gasteiger partial charge in [-0.2, -0.15) is 18.2 Å². The summed E-state index contributed by atoms with van der Waals surface area (Å²) in [5, 5.41) is 10.6. The van der Waals surface area contributed by atoms with E-state index in [0.29, 0.717) is 5.06 Å². The second kappa shape index (κ2) is 7.74. The molecule has 0 aromatic heterocycles. The number of carbonyl (C=O) groups is 1. The van der Waals surface area contributed by atoms with E-state index in [0.717, 1.165) is 28.2 Å². The van der Waals surface area contributed by atoms with E-state index in [4.69, 9.17) is 0 Å². The van der Waals surface area contributed by atoms with Gasteiger partial charge in [0, 0.05) is 12.7 Å². The molecule has 3 aromatic carbocycles. The van der Waals surface area contributed by atoms with Crippen molar-refractivity contribution in [3.63, 3.8) is 0 Å². The first kappa shape index (κ1) is 19.4. The zero-order chi connectivity index (χ0) is 20.3. The van der Waals surface area contributed by atoms with E-state index >= 15 is 0 Å². The van der Waals surface area contributed by atoms with Crippen molar-refractivity contribution in [2.45, 2.75) is 6.18 Å². The fourth-order valence-corrected chi connectivity index (χ4v) is 2.68. The maximum atomic E-state index is 12.9. The molecule has 0 radical (unpaired) electrons. The van der Waals surface area contributed by atoms with Gasteiger partial charge < -0.3 is 0 Å². The number of carbonyl (C=O) groups excluding carboxylic acids is 1. The molecule has 3 aromatic rings. The molecule has 0 saturated heterocycles. The smallest absolute Gasteiger partial charge is 0.295 e. The summed E-state index contributed by atoms with van der Waals surface area (Å²) in [5.41, 5.74) is 1.21. The number of hydroxylamine groups is 1. The van der Waals surface area contributed by atoms with Crippen molar-refractivity contribution in [1.82, 2.24) is 0 Å². The minimum atomic E-state index is -4.52. The van der Waals surface area contributed by atoms with Crippen LogP contribution < -0.4 is 9.96 Å². The first-order valence-electron chi connectivity index (χ1n) is 8.37. The summed E-state index contributed by atoms with van der Waals surface area (Å²) in [5.74, 6) is 0. The van der Waals surface area contributed by atoms with Crippen LogP contribution in [0.5, 0.6) is 0 Å². The maximum absolute atomic E-state index is 12.9. The highest BCUT2D eigenvalue weighted by Crippen LogP contribution is 2.32. The van der Waals surface area contributed by atoms with E-state index < -0.39 is 17.8 Å². The van der Waals surface area contributed by atoms with Gasteiger partial charge in [0.25, 0.3) is 0 Å². The average Bonchev–Trinajstić information content (AvgIpc) is 2.72. The molecule has 2 amide bonds. The van der Waals surface area contributed by atoms with Gasteiger partial charge in [-0.25, -0.2) is 4.79 Å². The third kappa shape index (κ3) is 4.15. The number of alkyl halides is 3. The quantitative estimate of drug-likeness (QED) is 0.455. The normalized spacial score (nSPS) is 11.2. The van der Waals surface area contributed by atoms with Crippen LogP contribution in [0.4, 0.5) is 29.3 Å². The largest absolute Gasteiger partial charge is 0.416 e. The Morgan fingerprint density at radius 2 is 1.43 bits per heavy atom. The van der Waals surface area contributed by atoms with Crippen LogP contribution >= 0.6 is 0 Å². The molecule has 144 valence electrons. The lowest BCUT2D eigenvalue weighted by Crippen LogP contribution is -2.39. The summed E-state index contributed by atoms with van der Waals surface area (Å²) in [6.07, 6.45) is -4.52. The molecule has 0 bridgehead atoms. The predicted molar refractivity (Wildman–Crippen MR) is 101 cm³/mol. The van der Waals surface area contributed by atoms with Gasteiger partial charge in [-0.3, -0.25) is 10.1 Å². The number of nitrogens with zero attached hydrogens (tertiary/aromatic N) is 2. The lowest BCUT2D eigenvalue weighted by molar-refractivity contribution is -0.137. The first-order valence-corrected chi connectivity index (χ1v) is 8.37. The highest BCUT2D eigenvalue weighted by Gasteiger charge is 2.31. The fourth-order valence-electron chi connectivity index (χ4n) is 2.68. The minimum absolute atomic E-state index is 0.0137. The summed E-state index contributed by atoms with van der Waals surface area (Å²) in [4.78, 5) is 13.4. The Kier molecular flexibility index (Phi) is 5.37. The lowest BCUT2D eigenvalue weighted by atomic mass is 10.1. The second-order valence-corrected chi connectivity index (χ2v) is 6.11. The number of rotatable bonds is 3. The fraction of sp³-hybridized carbons (Fsp3) is 0.0952. The Labute approximate surface area is 160 Å². The molecule has 28 heavy (non-hydrogen) atoms. The molecule has 0 heterocycles. The van der Waals surface area contributed by atoms with E-state index in [-0.39, 0.29) is 11.4 Å². The summed E-state index contributed by atoms with van der Waals surface area (Å²) in [6.45, 7) is 0. The van der Waals surface area contributed by atoms with E-state index in [1.807, 2.05) is 30.3 Å². The van der Waals surface area contributed by atoms with Crippen molar-refractivity contribution in [1.29, 1.82) is 0 Å². The van der Waals surface area contributed by atoms with Crippen LogP contribution in [0.25, 0.3) is 11.1 Å². The number of hydrogen-bond acceptors (Lipinski definition) is 2. The highest BCUT2D eigenvalue weighted by atomic mass is 19.4. The topological polar surface area (TPSA) is 43.8 Å². The molecule has 0 spiro atoms. The molecule has 0 aliphatic heterocycles. The standard InChI is InChI=1S/C21H17F3N2O2/c1-25(19-9-5-8-17(14-19)21(22,23)24)20(27)26(28)18-12-10-16(11-13-18)15-6-3-2-4-7-15/h2-14,28H,1H3. The van der Waals surface area contributed by atoms with Crippen molar-refractivity contribution < 1.29 is 23.2 Å².